The summed E-state index contributed by atoms with van der Waals surface area (Å²) in [5.74, 6) is 1.50. The number of benzene rings is 1. The molecule has 6 heteroatoms. The van der Waals surface area contributed by atoms with Crippen molar-refractivity contribution in [2.45, 2.75) is 26.2 Å². The summed E-state index contributed by atoms with van der Waals surface area (Å²) in [4.78, 5) is 12.2. The number of fused-ring (bicyclic) bond motifs is 1. The van der Waals surface area contributed by atoms with E-state index in [1.807, 2.05) is 6.07 Å². The molecule has 1 aromatic heterocycles. The molecular formula is C15H17N3O3. The van der Waals surface area contributed by atoms with Crippen LogP contribution in [-0.4, -0.2) is 22.9 Å². The highest BCUT2D eigenvalue weighted by Gasteiger charge is 2.19. The average molecular weight is 287 g/mol. The molecule has 0 saturated carbocycles. The first kappa shape index (κ1) is 13.5. The average Bonchev–Trinajstić information content (AvgIpc) is 3.04. The summed E-state index contributed by atoms with van der Waals surface area (Å²) in [5, 5.41) is 9.81. The Kier molecular flexibility index (Phi) is 3.08. The van der Waals surface area contributed by atoms with Crippen molar-refractivity contribution in [2.24, 2.45) is 0 Å². The van der Waals surface area contributed by atoms with E-state index in [0.717, 1.165) is 5.69 Å². The fourth-order valence-corrected chi connectivity index (χ4v) is 2.00. The normalized spacial score (nSPS) is 13.3. The molecule has 0 radical (unpaired) electrons. The van der Waals surface area contributed by atoms with Crippen LogP contribution >= 0.6 is 0 Å². The Hall–Kier alpha value is -2.50. The van der Waals surface area contributed by atoms with Gasteiger partial charge in [0.2, 0.25) is 6.79 Å². The number of amides is 1. The molecule has 0 atom stereocenters. The summed E-state index contributed by atoms with van der Waals surface area (Å²) in [5.41, 5.74) is 1.41. The maximum absolute atomic E-state index is 12.2. The van der Waals surface area contributed by atoms with Gasteiger partial charge in [-0.15, -0.1) is 0 Å². The van der Waals surface area contributed by atoms with Crippen molar-refractivity contribution in [2.75, 3.05) is 12.1 Å². The molecule has 0 saturated heterocycles. The van der Waals surface area contributed by atoms with Crippen LogP contribution in [0.4, 0.5) is 5.82 Å². The van der Waals surface area contributed by atoms with Crippen LogP contribution in [0.3, 0.4) is 0 Å². The number of hydrogen-bond donors (Lipinski definition) is 2. The van der Waals surface area contributed by atoms with Crippen molar-refractivity contribution in [1.82, 2.24) is 10.2 Å². The number of carbonyl (C=O) groups is 1. The number of hydrogen-bond acceptors (Lipinski definition) is 4. The van der Waals surface area contributed by atoms with Crippen LogP contribution in [0.5, 0.6) is 11.5 Å². The number of ether oxygens (including phenoxy) is 2. The van der Waals surface area contributed by atoms with Gasteiger partial charge in [0.1, 0.15) is 0 Å². The topological polar surface area (TPSA) is 76.2 Å². The fourth-order valence-electron chi connectivity index (χ4n) is 2.00. The molecule has 6 nitrogen and oxygen atoms in total. The molecule has 110 valence electrons. The van der Waals surface area contributed by atoms with Crippen molar-refractivity contribution >= 4 is 11.7 Å². The van der Waals surface area contributed by atoms with Gasteiger partial charge in [0.15, 0.2) is 17.3 Å². The lowest BCUT2D eigenvalue weighted by Gasteiger charge is -2.14. The first-order chi connectivity index (χ1) is 9.93. The summed E-state index contributed by atoms with van der Waals surface area (Å²) in [6.45, 7) is 6.41. The summed E-state index contributed by atoms with van der Waals surface area (Å²) in [6, 6.07) is 6.92. The van der Waals surface area contributed by atoms with E-state index in [9.17, 15) is 4.79 Å². The Balaban J connectivity index is 1.76. The van der Waals surface area contributed by atoms with Crippen LogP contribution in [0.25, 0.3) is 0 Å². The molecule has 3 rings (SSSR count). The highest BCUT2D eigenvalue weighted by atomic mass is 16.7. The quantitative estimate of drug-likeness (QED) is 0.890. The van der Waals surface area contributed by atoms with E-state index >= 15 is 0 Å². The van der Waals surface area contributed by atoms with Gasteiger partial charge in [-0.2, -0.15) is 5.10 Å². The molecule has 2 N–H and O–H groups in total. The minimum Gasteiger partial charge on any atom is -0.454 e. The molecule has 0 spiro atoms. The van der Waals surface area contributed by atoms with E-state index in [4.69, 9.17) is 9.47 Å². The number of aromatic nitrogens is 2. The highest BCUT2D eigenvalue weighted by Crippen LogP contribution is 2.32. The second-order valence-corrected chi connectivity index (χ2v) is 5.94. The van der Waals surface area contributed by atoms with Crippen molar-refractivity contribution in [3.63, 3.8) is 0 Å². The lowest BCUT2D eigenvalue weighted by Crippen LogP contribution is -2.12. The predicted molar refractivity (Wildman–Crippen MR) is 77.8 cm³/mol. The fraction of sp³-hybridized carbons (Fsp3) is 0.333. The van der Waals surface area contributed by atoms with Gasteiger partial charge in [0, 0.05) is 22.7 Å². The van der Waals surface area contributed by atoms with E-state index in [-0.39, 0.29) is 18.1 Å². The van der Waals surface area contributed by atoms with Gasteiger partial charge in [0.25, 0.3) is 5.91 Å². The lowest BCUT2D eigenvalue weighted by atomic mass is 9.92. The van der Waals surface area contributed by atoms with Gasteiger partial charge in [-0.1, -0.05) is 20.8 Å². The molecule has 1 aliphatic heterocycles. The molecule has 1 aromatic carbocycles. The van der Waals surface area contributed by atoms with E-state index in [0.29, 0.717) is 22.9 Å². The zero-order valence-corrected chi connectivity index (χ0v) is 12.2. The van der Waals surface area contributed by atoms with Crippen LogP contribution in [-0.2, 0) is 5.41 Å². The number of H-pyrrole nitrogens is 1. The zero-order chi connectivity index (χ0) is 15.0. The predicted octanol–water partition coefficient (Wildman–Crippen LogP) is 2.69. The largest absolute Gasteiger partial charge is 0.454 e. The number of anilines is 1. The van der Waals surface area contributed by atoms with Gasteiger partial charge in [-0.05, 0) is 18.2 Å². The van der Waals surface area contributed by atoms with Crippen LogP contribution in [0, 0.1) is 0 Å². The third kappa shape index (κ3) is 2.69. The Morgan fingerprint density at radius 2 is 2.00 bits per heavy atom. The standard InChI is InChI=1S/C15H17N3O3/c1-15(2,3)12-7-13(18-17-12)16-14(19)9-4-5-10-11(6-9)21-8-20-10/h4-7H,8H2,1-3H3,(H2,16,17,18,19). The van der Waals surface area contributed by atoms with Gasteiger partial charge in [-0.25, -0.2) is 0 Å². The molecular weight excluding hydrogens is 270 g/mol. The smallest absolute Gasteiger partial charge is 0.257 e. The van der Waals surface area contributed by atoms with Gasteiger partial charge < -0.3 is 14.8 Å². The van der Waals surface area contributed by atoms with Gasteiger partial charge in [0.05, 0.1) is 0 Å². The number of nitrogens with one attached hydrogen (secondary N) is 2. The molecule has 2 aromatic rings. The van der Waals surface area contributed by atoms with E-state index < -0.39 is 0 Å². The number of rotatable bonds is 2. The third-order valence-electron chi connectivity index (χ3n) is 3.26. The van der Waals surface area contributed by atoms with E-state index in [2.05, 4.69) is 36.3 Å². The molecule has 1 aliphatic rings. The summed E-state index contributed by atoms with van der Waals surface area (Å²) < 4.78 is 10.5. The minimum absolute atomic E-state index is 0.0469. The molecule has 1 amide bonds. The molecule has 0 fully saturated rings. The van der Waals surface area contributed by atoms with Crippen LogP contribution in [0.1, 0.15) is 36.8 Å². The molecule has 21 heavy (non-hydrogen) atoms. The summed E-state index contributed by atoms with van der Waals surface area (Å²) >= 11 is 0. The SMILES string of the molecule is CC(C)(C)c1cc(NC(=O)c2ccc3c(c2)OCO3)n[nH]1. The molecule has 0 aliphatic carbocycles. The van der Waals surface area contributed by atoms with Crippen LogP contribution in [0.2, 0.25) is 0 Å². The third-order valence-corrected chi connectivity index (χ3v) is 3.26. The van der Waals surface area contributed by atoms with Gasteiger partial charge in [-0.3, -0.25) is 9.89 Å². The van der Waals surface area contributed by atoms with Crippen LogP contribution < -0.4 is 14.8 Å². The van der Waals surface area contributed by atoms with E-state index in [1.54, 1.807) is 18.2 Å². The van der Waals surface area contributed by atoms with Crippen LogP contribution in [0.15, 0.2) is 24.3 Å². The lowest BCUT2D eigenvalue weighted by molar-refractivity contribution is 0.102. The Labute approximate surface area is 122 Å². The minimum atomic E-state index is -0.236. The Morgan fingerprint density at radius 3 is 2.71 bits per heavy atom. The second-order valence-electron chi connectivity index (χ2n) is 5.94. The molecule has 0 bridgehead atoms. The van der Waals surface area contributed by atoms with Gasteiger partial charge >= 0.3 is 0 Å². The first-order valence-electron chi connectivity index (χ1n) is 6.70. The zero-order valence-electron chi connectivity index (χ0n) is 12.2. The maximum atomic E-state index is 12.2. The second kappa shape index (κ2) is 4.80. The summed E-state index contributed by atoms with van der Waals surface area (Å²) in [7, 11) is 0. The first-order valence-corrected chi connectivity index (χ1v) is 6.70. The maximum Gasteiger partial charge on any atom is 0.257 e. The number of nitrogens with zero attached hydrogens (tertiary/aromatic N) is 1. The van der Waals surface area contributed by atoms with Crippen molar-refractivity contribution in [3.8, 4) is 11.5 Å². The monoisotopic (exact) mass is 287 g/mol. The van der Waals surface area contributed by atoms with Crippen molar-refractivity contribution in [3.05, 3.63) is 35.5 Å². The molecule has 0 unspecified atom stereocenters. The highest BCUT2D eigenvalue weighted by molar-refractivity contribution is 6.04. The van der Waals surface area contributed by atoms with E-state index in [1.165, 1.54) is 0 Å². The Morgan fingerprint density at radius 1 is 1.24 bits per heavy atom. The Bertz CT molecular complexity index is 686. The van der Waals surface area contributed by atoms with Crippen molar-refractivity contribution < 1.29 is 14.3 Å². The number of aromatic amines is 1. The van der Waals surface area contributed by atoms with Crippen molar-refractivity contribution in [1.29, 1.82) is 0 Å². The molecule has 2 heterocycles. The summed E-state index contributed by atoms with van der Waals surface area (Å²) in [6.07, 6.45) is 0. The number of carbonyl (C=O) groups excluding carboxylic acids is 1.